The predicted molar refractivity (Wildman–Crippen MR) is 91.3 cm³/mol. The van der Waals surface area contributed by atoms with Crippen LogP contribution in [-0.4, -0.2) is 6.10 Å². The van der Waals surface area contributed by atoms with Crippen molar-refractivity contribution in [1.29, 1.82) is 5.26 Å². The molecule has 2 aromatic carbocycles. The van der Waals surface area contributed by atoms with Crippen LogP contribution in [0, 0.1) is 23.2 Å². The summed E-state index contributed by atoms with van der Waals surface area (Å²) in [5.41, 5.74) is 1.68. The lowest BCUT2D eigenvalue weighted by molar-refractivity contribution is 0.0347. The Hall–Kier alpha value is -2.31. The first-order valence-corrected chi connectivity index (χ1v) is 8.83. The highest BCUT2D eigenvalue weighted by atomic mass is 16.5. The van der Waals surface area contributed by atoms with Crippen molar-refractivity contribution >= 4 is 0 Å². The first-order chi connectivity index (χ1) is 11.8. The molecule has 3 nitrogen and oxygen atoms in total. The summed E-state index contributed by atoms with van der Waals surface area (Å²) in [5.74, 6) is 1.65. The van der Waals surface area contributed by atoms with Crippen molar-refractivity contribution in [3.05, 3.63) is 65.7 Å². The smallest absolute Gasteiger partial charge is 0.136 e. The number of ether oxygens (including phenoxy) is 1. The number of benzene rings is 2. The largest absolute Gasteiger partial charge is 0.490 e. The van der Waals surface area contributed by atoms with Crippen LogP contribution >= 0.6 is 0 Å². The zero-order valence-electron chi connectivity index (χ0n) is 13.5. The Labute approximate surface area is 142 Å². The predicted octanol–water partition coefficient (Wildman–Crippen LogP) is 3.93. The summed E-state index contributed by atoms with van der Waals surface area (Å²) < 4.78 is 6.34. The van der Waals surface area contributed by atoms with Crippen LogP contribution in [0.3, 0.4) is 0 Å². The highest BCUT2D eigenvalue weighted by Gasteiger charge is 2.60. The van der Waals surface area contributed by atoms with E-state index in [1.165, 1.54) is 5.56 Å². The fourth-order valence-electron chi connectivity index (χ4n) is 5.19. The van der Waals surface area contributed by atoms with E-state index in [0.29, 0.717) is 11.8 Å². The van der Waals surface area contributed by atoms with Gasteiger partial charge in [0, 0.05) is 23.4 Å². The average Bonchev–Trinajstić information content (AvgIpc) is 3.00. The van der Waals surface area contributed by atoms with Gasteiger partial charge >= 0.3 is 0 Å². The van der Waals surface area contributed by atoms with Gasteiger partial charge in [0.15, 0.2) is 0 Å². The maximum atomic E-state index is 10.2. The van der Waals surface area contributed by atoms with E-state index < -0.39 is 5.54 Å². The second-order valence-corrected chi connectivity index (χ2v) is 7.22. The molecule has 120 valence electrons. The summed E-state index contributed by atoms with van der Waals surface area (Å²) in [6.07, 6.45) is 3.51. The van der Waals surface area contributed by atoms with Gasteiger partial charge in [-0.25, -0.2) is 0 Å². The van der Waals surface area contributed by atoms with Gasteiger partial charge in [0.2, 0.25) is 0 Å². The van der Waals surface area contributed by atoms with Crippen molar-refractivity contribution in [2.24, 2.45) is 11.8 Å². The molecule has 0 radical (unpaired) electrons. The lowest BCUT2D eigenvalue weighted by atomic mass is 9.66. The third kappa shape index (κ3) is 1.75. The Morgan fingerprint density at radius 3 is 2.67 bits per heavy atom. The molecule has 0 aromatic heterocycles. The van der Waals surface area contributed by atoms with Gasteiger partial charge in [-0.2, -0.15) is 5.26 Å². The number of fused-ring (bicyclic) bond motifs is 2. The van der Waals surface area contributed by atoms with E-state index in [4.69, 9.17) is 4.74 Å². The molecule has 1 N–H and O–H groups in total. The van der Waals surface area contributed by atoms with E-state index in [2.05, 4.69) is 41.7 Å². The van der Waals surface area contributed by atoms with Gasteiger partial charge < -0.3 is 4.74 Å². The quantitative estimate of drug-likeness (QED) is 0.867. The molecule has 2 heterocycles. The van der Waals surface area contributed by atoms with E-state index in [1.807, 2.05) is 24.3 Å². The number of nitrogens with zero attached hydrogens (tertiary/aromatic N) is 1. The van der Waals surface area contributed by atoms with Crippen LogP contribution in [0.1, 0.15) is 36.4 Å². The molecule has 2 fully saturated rings. The van der Waals surface area contributed by atoms with E-state index in [1.54, 1.807) is 0 Å². The van der Waals surface area contributed by atoms with Crippen molar-refractivity contribution in [3.8, 4) is 11.8 Å². The Bertz CT molecular complexity index is 812. The van der Waals surface area contributed by atoms with Crippen LogP contribution in [0.15, 0.2) is 54.6 Å². The van der Waals surface area contributed by atoms with Crippen LogP contribution in [0.4, 0.5) is 0 Å². The molecule has 0 unspecified atom stereocenters. The van der Waals surface area contributed by atoms with Gasteiger partial charge in [0.1, 0.15) is 17.4 Å². The molecule has 0 amide bonds. The summed E-state index contributed by atoms with van der Waals surface area (Å²) in [6.45, 7) is 0. The third-order valence-electron chi connectivity index (χ3n) is 6.16. The zero-order chi connectivity index (χ0) is 16.1. The van der Waals surface area contributed by atoms with Crippen LogP contribution in [0.25, 0.3) is 0 Å². The van der Waals surface area contributed by atoms with Crippen LogP contribution in [0.2, 0.25) is 0 Å². The van der Waals surface area contributed by atoms with Gasteiger partial charge in [-0.15, -0.1) is 0 Å². The van der Waals surface area contributed by atoms with Crippen molar-refractivity contribution in [2.75, 3.05) is 0 Å². The molecule has 2 aromatic rings. The lowest BCUT2D eigenvalue weighted by Gasteiger charge is -2.42. The average molecular weight is 316 g/mol. The Morgan fingerprint density at radius 2 is 1.83 bits per heavy atom. The van der Waals surface area contributed by atoms with Gasteiger partial charge in [-0.05, 0) is 30.9 Å². The number of hydrogen-bond donors (Lipinski definition) is 1. The first-order valence-electron chi connectivity index (χ1n) is 8.83. The minimum Gasteiger partial charge on any atom is -0.490 e. The molecule has 1 aliphatic carbocycles. The van der Waals surface area contributed by atoms with Crippen molar-refractivity contribution in [1.82, 2.24) is 5.32 Å². The number of para-hydroxylation sites is 1. The molecule has 3 aliphatic rings. The maximum Gasteiger partial charge on any atom is 0.136 e. The molecule has 5 rings (SSSR count). The number of hydrogen-bond acceptors (Lipinski definition) is 3. The van der Waals surface area contributed by atoms with Gasteiger partial charge in [0.05, 0.1) is 6.07 Å². The van der Waals surface area contributed by atoms with E-state index in [0.717, 1.165) is 30.6 Å². The highest BCUT2D eigenvalue weighted by molar-refractivity contribution is 5.45. The van der Waals surface area contributed by atoms with Crippen molar-refractivity contribution < 1.29 is 4.74 Å². The van der Waals surface area contributed by atoms with Crippen molar-refractivity contribution in [2.45, 2.75) is 36.9 Å². The fourth-order valence-corrected chi connectivity index (χ4v) is 5.19. The second kappa shape index (κ2) is 5.09. The molecule has 1 saturated heterocycles. The van der Waals surface area contributed by atoms with Gasteiger partial charge in [0.25, 0.3) is 0 Å². The zero-order valence-corrected chi connectivity index (χ0v) is 13.5. The van der Waals surface area contributed by atoms with Crippen LogP contribution in [0.5, 0.6) is 5.75 Å². The fraction of sp³-hybridized carbons (Fsp3) is 0.381. The van der Waals surface area contributed by atoms with Gasteiger partial charge in [-0.1, -0.05) is 48.5 Å². The number of nitrogens with one attached hydrogen (secondary N) is 1. The maximum absolute atomic E-state index is 10.2. The van der Waals surface area contributed by atoms with E-state index in [-0.39, 0.29) is 12.1 Å². The SMILES string of the molecule is N#C[C@]1(c2ccccc2)N[C@H]2c3ccccc3O[C@@H]3CCC[C@@H]1[C@H]32. The summed E-state index contributed by atoms with van der Waals surface area (Å²) in [6, 6.07) is 21.4. The Balaban J connectivity index is 1.68. The summed E-state index contributed by atoms with van der Waals surface area (Å²) in [4.78, 5) is 0. The monoisotopic (exact) mass is 316 g/mol. The normalized spacial score (nSPS) is 36.1. The van der Waals surface area contributed by atoms with Crippen molar-refractivity contribution in [3.63, 3.8) is 0 Å². The topological polar surface area (TPSA) is 45.0 Å². The Kier molecular flexibility index (Phi) is 2.98. The molecule has 0 spiro atoms. The summed E-state index contributed by atoms with van der Waals surface area (Å²) in [7, 11) is 0. The van der Waals surface area contributed by atoms with Crippen LogP contribution in [-0.2, 0) is 5.54 Å². The van der Waals surface area contributed by atoms with Gasteiger partial charge in [-0.3, -0.25) is 5.32 Å². The minimum atomic E-state index is -0.615. The molecule has 0 bridgehead atoms. The molecule has 2 aliphatic heterocycles. The lowest BCUT2D eigenvalue weighted by Crippen LogP contribution is -2.44. The summed E-state index contributed by atoms with van der Waals surface area (Å²) in [5, 5.41) is 14.0. The third-order valence-corrected chi connectivity index (χ3v) is 6.16. The molecule has 24 heavy (non-hydrogen) atoms. The molecule has 5 atom stereocenters. The number of nitriles is 1. The molecular weight excluding hydrogens is 296 g/mol. The Morgan fingerprint density at radius 1 is 1.04 bits per heavy atom. The first kappa shape index (κ1) is 14.1. The van der Waals surface area contributed by atoms with Crippen LogP contribution < -0.4 is 10.1 Å². The minimum absolute atomic E-state index is 0.199. The molecule has 1 saturated carbocycles. The molecular formula is C21H20N2O. The second-order valence-electron chi connectivity index (χ2n) is 7.22. The standard InChI is InChI=1S/C21H20N2O/c22-13-21(14-7-2-1-3-8-14)16-10-6-12-18-19(16)20(23-21)15-9-4-5-11-17(15)24-18/h1-5,7-9,11,16,18-20,23H,6,10,12H2/t16-,18-,19-,20+,21-/m1/s1. The van der Waals surface area contributed by atoms with E-state index in [9.17, 15) is 5.26 Å². The molecule has 3 heteroatoms. The highest BCUT2D eigenvalue weighted by Crippen LogP contribution is 2.57. The summed E-state index contributed by atoms with van der Waals surface area (Å²) >= 11 is 0. The van der Waals surface area contributed by atoms with E-state index >= 15 is 0 Å². The number of rotatable bonds is 1.